The van der Waals surface area contributed by atoms with Crippen LogP contribution in [0.3, 0.4) is 0 Å². The molecule has 114 valence electrons. The second-order valence-electron chi connectivity index (χ2n) is 5.38. The third-order valence-corrected chi connectivity index (χ3v) is 4.77. The lowest BCUT2D eigenvalue weighted by atomic mass is 9.99. The number of amides is 1. The molecular formula is C16H21NO3S. The average molecular weight is 307 g/mol. The van der Waals surface area contributed by atoms with Crippen LogP contribution in [-0.2, 0) is 16.1 Å². The van der Waals surface area contributed by atoms with Crippen molar-refractivity contribution in [2.24, 2.45) is 5.92 Å². The third-order valence-electron chi connectivity index (χ3n) is 3.83. The molecule has 1 amide bonds. The van der Waals surface area contributed by atoms with Gasteiger partial charge in [0.05, 0.1) is 6.54 Å². The van der Waals surface area contributed by atoms with Gasteiger partial charge in [0.2, 0.25) is 5.91 Å². The lowest BCUT2D eigenvalue weighted by Crippen LogP contribution is -2.29. The predicted molar refractivity (Wildman–Crippen MR) is 84.0 cm³/mol. The Bertz CT molecular complexity index is 513. The molecule has 2 N–H and O–H groups in total. The van der Waals surface area contributed by atoms with Gasteiger partial charge >= 0.3 is 5.97 Å². The van der Waals surface area contributed by atoms with Crippen LogP contribution in [0.4, 0.5) is 0 Å². The number of rotatable bonds is 5. The number of aliphatic carboxylic acids is 1. The second-order valence-corrected chi connectivity index (χ2v) is 6.38. The molecule has 0 unspecified atom stereocenters. The van der Waals surface area contributed by atoms with Crippen molar-refractivity contribution in [3.63, 3.8) is 0 Å². The van der Waals surface area contributed by atoms with Gasteiger partial charge in [-0.3, -0.25) is 4.79 Å². The molecule has 1 aromatic heterocycles. The van der Waals surface area contributed by atoms with E-state index in [1.54, 1.807) is 6.08 Å². The highest BCUT2D eigenvalue weighted by Gasteiger charge is 2.19. The number of hydrogen-bond acceptors (Lipinski definition) is 3. The van der Waals surface area contributed by atoms with Gasteiger partial charge in [-0.2, -0.15) is 0 Å². The van der Waals surface area contributed by atoms with Gasteiger partial charge in [-0.05, 0) is 35.9 Å². The standard InChI is InChI=1S/C16H21NO3S/c18-15(19)8-7-12-9-10-21-14(12)11-17-16(20)13-5-3-1-2-4-6-13/h7-10,13H,1-6,11H2,(H,17,20)(H,18,19)/b8-7+. The Labute approximate surface area is 128 Å². The monoisotopic (exact) mass is 307 g/mol. The molecule has 4 nitrogen and oxygen atoms in total. The summed E-state index contributed by atoms with van der Waals surface area (Å²) in [5.41, 5.74) is 0.864. The molecule has 0 spiro atoms. The summed E-state index contributed by atoms with van der Waals surface area (Å²) in [6.07, 6.45) is 9.43. The van der Waals surface area contributed by atoms with Crippen LogP contribution in [0.5, 0.6) is 0 Å². The smallest absolute Gasteiger partial charge is 0.328 e. The number of nitrogens with one attached hydrogen (secondary N) is 1. The zero-order chi connectivity index (χ0) is 15.1. The van der Waals surface area contributed by atoms with Crippen LogP contribution in [-0.4, -0.2) is 17.0 Å². The van der Waals surface area contributed by atoms with Gasteiger partial charge in [0.25, 0.3) is 0 Å². The molecule has 0 atom stereocenters. The number of carboxylic acids is 1. The van der Waals surface area contributed by atoms with Crippen LogP contribution < -0.4 is 5.32 Å². The minimum atomic E-state index is -0.963. The molecule has 1 heterocycles. The zero-order valence-electron chi connectivity index (χ0n) is 12.0. The van der Waals surface area contributed by atoms with E-state index in [2.05, 4.69) is 5.32 Å². The number of carbonyl (C=O) groups is 2. The van der Waals surface area contributed by atoms with Crippen molar-refractivity contribution in [3.8, 4) is 0 Å². The summed E-state index contributed by atoms with van der Waals surface area (Å²) in [6.45, 7) is 0.478. The maximum atomic E-state index is 12.2. The molecule has 0 aromatic carbocycles. The Morgan fingerprint density at radius 2 is 2.00 bits per heavy atom. The minimum Gasteiger partial charge on any atom is -0.478 e. The molecule has 0 saturated heterocycles. The van der Waals surface area contributed by atoms with Crippen LogP contribution in [0, 0.1) is 5.92 Å². The summed E-state index contributed by atoms with van der Waals surface area (Å²) in [6, 6.07) is 1.87. The molecule has 0 bridgehead atoms. The van der Waals surface area contributed by atoms with Gasteiger partial charge in [-0.15, -0.1) is 11.3 Å². The van der Waals surface area contributed by atoms with E-state index in [0.29, 0.717) is 6.54 Å². The predicted octanol–water partition coefficient (Wildman–Crippen LogP) is 3.43. The van der Waals surface area contributed by atoms with Crippen molar-refractivity contribution in [1.82, 2.24) is 5.32 Å². The first-order chi connectivity index (χ1) is 10.2. The van der Waals surface area contributed by atoms with Crippen LogP contribution in [0.25, 0.3) is 6.08 Å². The van der Waals surface area contributed by atoms with Gasteiger partial charge < -0.3 is 10.4 Å². The highest BCUT2D eigenvalue weighted by atomic mass is 32.1. The molecule has 1 aromatic rings. The highest BCUT2D eigenvalue weighted by Crippen LogP contribution is 2.23. The highest BCUT2D eigenvalue weighted by molar-refractivity contribution is 7.10. The van der Waals surface area contributed by atoms with Crippen molar-refractivity contribution in [3.05, 3.63) is 28.0 Å². The fraction of sp³-hybridized carbons (Fsp3) is 0.500. The summed E-state index contributed by atoms with van der Waals surface area (Å²) in [4.78, 5) is 23.8. The molecule has 1 fully saturated rings. The van der Waals surface area contributed by atoms with Gasteiger partial charge in [0.1, 0.15) is 0 Å². The number of hydrogen-bond donors (Lipinski definition) is 2. The van der Waals surface area contributed by atoms with Gasteiger partial charge in [0, 0.05) is 16.9 Å². The van der Waals surface area contributed by atoms with Gasteiger partial charge in [-0.1, -0.05) is 25.7 Å². The molecule has 0 radical (unpaired) electrons. The van der Waals surface area contributed by atoms with E-state index in [0.717, 1.165) is 42.2 Å². The number of carbonyl (C=O) groups excluding carboxylic acids is 1. The molecule has 1 aliphatic carbocycles. The van der Waals surface area contributed by atoms with Crippen molar-refractivity contribution in [2.45, 2.75) is 45.1 Å². The zero-order valence-corrected chi connectivity index (χ0v) is 12.8. The van der Waals surface area contributed by atoms with Crippen LogP contribution >= 0.6 is 11.3 Å². The summed E-state index contributed by atoms with van der Waals surface area (Å²) in [5.74, 6) is -0.682. The molecule has 5 heteroatoms. The van der Waals surface area contributed by atoms with E-state index in [-0.39, 0.29) is 11.8 Å². The van der Waals surface area contributed by atoms with Crippen molar-refractivity contribution in [1.29, 1.82) is 0 Å². The second kappa shape index (κ2) is 7.98. The van der Waals surface area contributed by atoms with Crippen molar-refractivity contribution in [2.75, 3.05) is 0 Å². The first-order valence-electron chi connectivity index (χ1n) is 7.42. The molecule has 1 aliphatic rings. The third kappa shape index (κ3) is 5.01. The topological polar surface area (TPSA) is 66.4 Å². The average Bonchev–Trinajstić information content (AvgIpc) is 2.72. The number of carboxylic acid groups (broad SMARTS) is 1. The summed E-state index contributed by atoms with van der Waals surface area (Å²) in [7, 11) is 0. The summed E-state index contributed by atoms with van der Waals surface area (Å²) < 4.78 is 0. The lowest BCUT2D eigenvalue weighted by molar-refractivity contribution is -0.131. The lowest BCUT2D eigenvalue weighted by Gasteiger charge is -2.13. The first-order valence-corrected chi connectivity index (χ1v) is 8.30. The Morgan fingerprint density at radius 1 is 1.29 bits per heavy atom. The summed E-state index contributed by atoms with van der Waals surface area (Å²) >= 11 is 1.54. The maximum Gasteiger partial charge on any atom is 0.328 e. The molecule has 0 aliphatic heterocycles. The van der Waals surface area contributed by atoms with Crippen molar-refractivity contribution < 1.29 is 14.7 Å². The van der Waals surface area contributed by atoms with Crippen LogP contribution in [0.2, 0.25) is 0 Å². The fourth-order valence-corrected chi connectivity index (χ4v) is 3.46. The quantitative estimate of drug-likeness (QED) is 0.647. The minimum absolute atomic E-state index is 0.137. The van der Waals surface area contributed by atoms with Gasteiger partial charge in [-0.25, -0.2) is 4.79 Å². The molecule has 21 heavy (non-hydrogen) atoms. The Hall–Kier alpha value is -1.62. The fourth-order valence-electron chi connectivity index (χ4n) is 2.66. The van der Waals surface area contributed by atoms with Crippen LogP contribution in [0.15, 0.2) is 17.5 Å². The van der Waals surface area contributed by atoms with E-state index < -0.39 is 5.97 Å². The maximum absolute atomic E-state index is 12.2. The number of thiophene rings is 1. The van der Waals surface area contributed by atoms with E-state index in [4.69, 9.17) is 5.11 Å². The molecule has 1 saturated carbocycles. The van der Waals surface area contributed by atoms with E-state index in [1.807, 2.05) is 11.4 Å². The SMILES string of the molecule is O=C(O)/C=C/c1ccsc1CNC(=O)C1CCCCCC1. The summed E-state index contributed by atoms with van der Waals surface area (Å²) in [5, 5.41) is 13.6. The Kier molecular flexibility index (Phi) is 5.99. The Morgan fingerprint density at radius 3 is 2.67 bits per heavy atom. The van der Waals surface area contributed by atoms with E-state index in [9.17, 15) is 9.59 Å². The van der Waals surface area contributed by atoms with Crippen molar-refractivity contribution >= 4 is 29.3 Å². The molecule has 2 rings (SSSR count). The normalized spacial score (nSPS) is 16.8. The molecular weight excluding hydrogens is 286 g/mol. The first kappa shape index (κ1) is 15.8. The van der Waals surface area contributed by atoms with Crippen LogP contribution in [0.1, 0.15) is 49.0 Å². The van der Waals surface area contributed by atoms with Gasteiger partial charge in [0.15, 0.2) is 0 Å². The van der Waals surface area contributed by atoms with E-state index >= 15 is 0 Å². The van der Waals surface area contributed by atoms with E-state index in [1.165, 1.54) is 24.2 Å². The Balaban J connectivity index is 1.89. The largest absolute Gasteiger partial charge is 0.478 e.